The maximum atomic E-state index is 12.5. The molecule has 1 fully saturated rings. The topological polar surface area (TPSA) is 49.4 Å². The van der Waals surface area contributed by atoms with E-state index in [9.17, 15) is 9.59 Å². The Kier molecular flexibility index (Phi) is 6.93. The molecule has 1 saturated heterocycles. The average Bonchev–Trinajstić information content (AvgIpc) is 2.56. The van der Waals surface area contributed by atoms with Crippen molar-refractivity contribution in [3.8, 4) is 0 Å². The Morgan fingerprint density at radius 2 is 1.88 bits per heavy atom. The number of halogens is 2. The highest BCUT2D eigenvalue weighted by atomic mass is 35.5. The fraction of sp³-hybridized carbons (Fsp3) is 0.556. The zero-order valence-corrected chi connectivity index (χ0v) is 15.7. The molecule has 0 unspecified atom stereocenters. The average molecular weight is 371 g/mol. The maximum absolute atomic E-state index is 12.5. The molecular weight excluding hydrogens is 347 g/mol. The Bertz CT molecular complexity index is 597. The fourth-order valence-electron chi connectivity index (χ4n) is 2.78. The van der Waals surface area contributed by atoms with Crippen molar-refractivity contribution in [2.75, 3.05) is 19.6 Å². The van der Waals surface area contributed by atoms with E-state index in [-0.39, 0.29) is 17.7 Å². The Hall–Kier alpha value is -1.26. The third-order valence-electron chi connectivity index (χ3n) is 4.34. The lowest BCUT2D eigenvalue weighted by molar-refractivity contribution is -0.126. The molecule has 24 heavy (non-hydrogen) atoms. The van der Waals surface area contributed by atoms with Crippen LogP contribution in [0, 0.1) is 11.8 Å². The van der Waals surface area contributed by atoms with Crippen molar-refractivity contribution in [1.29, 1.82) is 0 Å². The summed E-state index contributed by atoms with van der Waals surface area (Å²) in [6.45, 7) is 6.17. The van der Waals surface area contributed by atoms with Crippen LogP contribution in [0.2, 0.25) is 10.0 Å². The molecule has 2 amide bonds. The van der Waals surface area contributed by atoms with Gasteiger partial charge in [-0.3, -0.25) is 9.59 Å². The van der Waals surface area contributed by atoms with Gasteiger partial charge in [0.2, 0.25) is 5.91 Å². The molecule has 0 saturated carbocycles. The number of nitrogens with zero attached hydrogens (tertiary/aromatic N) is 1. The molecule has 0 spiro atoms. The van der Waals surface area contributed by atoms with Crippen molar-refractivity contribution < 1.29 is 9.59 Å². The van der Waals surface area contributed by atoms with Gasteiger partial charge in [0, 0.05) is 31.1 Å². The van der Waals surface area contributed by atoms with E-state index in [1.165, 1.54) is 0 Å². The van der Waals surface area contributed by atoms with Gasteiger partial charge < -0.3 is 10.2 Å². The van der Waals surface area contributed by atoms with Crippen LogP contribution in [0.1, 0.15) is 43.5 Å². The smallest absolute Gasteiger partial charge is 0.253 e. The van der Waals surface area contributed by atoms with Gasteiger partial charge in [-0.2, -0.15) is 0 Å². The van der Waals surface area contributed by atoms with E-state index in [4.69, 9.17) is 23.2 Å². The molecule has 1 aliphatic heterocycles. The van der Waals surface area contributed by atoms with Gasteiger partial charge in [-0.1, -0.05) is 37.0 Å². The standard InChI is InChI=1S/C18H24Cl2N2O2/c1-12(2)5-8-21-17(23)13-6-9-22(10-7-13)18(24)14-3-4-15(19)16(20)11-14/h3-4,11-13H,5-10H2,1-2H3,(H,21,23). The van der Waals surface area contributed by atoms with Crippen LogP contribution in [0.15, 0.2) is 18.2 Å². The summed E-state index contributed by atoms with van der Waals surface area (Å²) < 4.78 is 0. The highest BCUT2D eigenvalue weighted by Gasteiger charge is 2.27. The third kappa shape index (κ3) is 5.12. The molecule has 2 rings (SSSR count). The van der Waals surface area contributed by atoms with E-state index in [0.29, 0.717) is 47.5 Å². The van der Waals surface area contributed by atoms with Crippen LogP contribution in [0.25, 0.3) is 0 Å². The molecule has 4 nitrogen and oxygen atoms in total. The number of amides is 2. The number of benzene rings is 1. The first-order chi connectivity index (χ1) is 11.4. The molecule has 0 aliphatic carbocycles. The molecule has 0 atom stereocenters. The summed E-state index contributed by atoms with van der Waals surface area (Å²) in [5.41, 5.74) is 0.532. The summed E-state index contributed by atoms with van der Waals surface area (Å²) in [6.07, 6.45) is 2.38. The first kappa shape index (κ1) is 19.1. The monoisotopic (exact) mass is 370 g/mol. The van der Waals surface area contributed by atoms with Crippen molar-refractivity contribution in [3.63, 3.8) is 0 Å². The molecular formula is C18H24Cl2N2O2. The number of piperidine rings is 1. The summed E-state index contributed by atoms with van der Waals surface area (Å²) in [4.78, 5) is 26.4. The van der Waals surface area contributed by atoms with Crippen LogP contribution >= 0.6 is 23.2 Å². The molecule has 1 aromatic rings. The summed E-state index contributed by atoms with van der Waals surface area (Å²) in [5, 5.41) is 3.81. The number of carbonyl (C=O) groups is 2. The second kappa shape index (κ2) is 8.72. The minimum Gasteiger partial charge on any atom is -0.356 e. The number of nitrogens with one attached hydrogen (secondary N) is 1. The highest BCUT2D eigenvalue weighted by Crippen LogP contribution is 2.25. The largest absolute Gasteiger partial charge is 0.356 e. The quantitative estimate of drug-likeness (QED) is 0.850. The molecule has 0 radical (unpaired) electrons. The van der Waals surface area contributed by atoms with E-state index < -0.39 is 0 Å². The Morgan fingerprint density at radius 1 is 1.21 bits per heavy atom. The highest BCUT2D eigenvalue weighted by molar-refractivity contribution is 6.42. The molecule has 6 heteroatoms. The van der Waals surface area contributed by atoms with Gasteiger partial charge in [0.1, 0.15) is 0 Å². The van der Waals surface area contributed by atoms with Crippen molar-refractivity contribution >= 4 is 35.0 Å². The van der Waals surface area contributed by atoms with E-state index in [0.717, 1.165) is 13.0 Å². The van der Waals surface area contributed by atoms with Gasteiger partial charge in [0.05, 0.1) is 10.0 Å². The second-order valence-corrected chi connectivity index (χ2v) is 7.48. The number of hydrogen-bond donors (Lipinski definition) is 1. The van der Waals surface area contributed by atoms with E-state index >= 15 is 0 Å². The number of carbonyl (C=O) groups excluding carboxylic acids is 2. The predicted molar refractivity (Wildman–Crippen MR) is 97.6 cm³/mol. The number of rotatable bonds is 5. The van der Waals surface area contributed by atoms with Crippen LogP contribution in [0.3, 0.4) is 0 Å². The van der Waals surface area contributed by atoms with Gasteiger partial charge in [-0.05, 0) is 43.4 Å². The number of likely N-dealkylation sites (tertiary alicyclic amines) is 1. The molecule has 132 valence electrons. The van der Waals surface area contributed by atoms with Crippen LogP contribution in [-0.4, -0.2) is 36.3 Å². The molecule has 1 N–H and O–H groups in total. The lowest BCUT2D eigenvalue weighted by atomic mass is 9.95. The zero-order chi connectivity index (χ0) is 17.7. The minimum absolute atomic E-state index is 0.00461. The lowest BCUT2D eigenvalue weighted by Gasteiger charge is -2.31. The van der Waals surface area contributed by atoms with Gasteiger partial charge >= 0.3 is 0 Å². The predicted octanol–water partition coefficient (Wildman–Crippen LogP) is 4.01. The van der Waals surface area contributed by atoms with E-state index in [1.54, 1.807) is 23.1 Å². The van der Waals surface area contributed by atoms with Crippen LogP contribution in [0.4, 0.5) is 0 Å². The van der Waals surface area contributed by atoms with Gasteiger partial charge in [-0.25, -0.2) is 0 Å². The Labute approximate surface area is 153 Å². The summed E-state index contributed by atoms with van der Waals surface area (Å²) in [7, 11) is 0. The van der Waals surface area contributed by atoms with E-state index in [1.807, 2.05) is 0 Å². The SMILES string of the molecule is CC(C)CCNC(=O)C1CCN(C(=O)c2ccc(Cl)c(Cl)c2)CC1. The van der Waals surface area contributed by atoms with Crippen LogP contribution < -0.4 is 5.32 Å². The second-order valence-electron chi connectivity index (χ2n) is 6.67. The summed E-state index contributed by atoms with van der Waals surface area (Å²) >= 11 is 11.9. The van der Waals surface area contributed by atoms with Crippen molar-refractivity contribution in [1.82, 2.24) is 10.2 Å². The minimum atomic E-state index is -0.0627. The lowest BCUT2D eigenvalue weighted by Crippen LogP contribution is -2.43. The fourth-order valence-corrected chi connectivity index (χ4v) is 3.08. The first-order valence-electron chi connectivity index (χ1n) is 8.40. The molecule has 0 bridgehead atoms. The normalized spacial score (nSPS) is 15.6. The third-order valence-corrected chi connectivity index (χ3v) is 5.08. The Balaban J connectivity index is 1.84. The first-order valence-corrected chi connectivity index (χ1v) is 9.16. The maximum Gasteiger partial charge on any atom is 0.253 e. The zero-order valence-electron chi connectivity index (χ0n) is 14.1. The summed E-state index contributed by atoms with van der Waals surface area (Å²) in [6, 6.07) is 4.91. The van der Waals surface area contributed by atoms with Crippen LogP contribution in [-0.2, 0) is 4.79 Å². The van der Waals surface area contributed by atoms with E-state index in [2.05, 4.69) is 19.2 Å². The summed E-state index contributed by atoms with van der Waals surface area (Å²) in [5.74, 6) is 0.621. The van der Waals surface area contributed by atoms with Gasteiger partial charge in [0.25, 0.3) is 5.91 Å². The van der Waals surface area contributed by atoms with Crippen molar-refractivity contribution in [2.24, 2.45) is 11.8 Å². The van der Waals surface area contributed by atoms with Crippen LogP contribution in [0.5, 0.6) is 0 Å². The molecule has 0 aromatic heterocycles. The molecule has 1 aliphatic rings. The molecule has 1 aromatic carbocycles. The molecule has 1 heterocycles. The van der Waals surface area contributed by atoms with Gasteiger partial charge in [-0.15, -0.1) is 0 Å². The number of hydrogen-bond acceptors (Lipinski definition) is 2. The van der Waals surface area contributed by atoms with Crippen molar-refractivity contribution in [2.45, 2.75) is 33.1 Å². The van der Waals surface area contributed by atoms with Gasteiger partial charge in [0.15, 0.2) is 0 Å². The Morgan fingerprint density at radius 3 is 2.46 bits per heavy atom. The van der Waals surface area contributed by atoms with Crippen molar-refractivity contribution in [3.05, 3.63) is 33.8 Å².